The molecule has 100 valence electrons. The van der Waals surface area contributed by atoms with Crippen LogP contribution < -0.4 is 5.73 Å². The summed E-state index contributed by atoms with van der Waals surface area (Å²) in [5.41, 5.74) is 5.90. The van der Waals surface area contributed by atoms with Crippen molar-refractivity contribution in [2.45, 2.75) is 52.1 Å². The zero-order chi connectivity index (χ0) is 12.5. The maximum absolute atomic E-state index is 5.90. The van der Waals surface area contributed by atoms with Crippen LogP contribution in [-0.4, -0.2) is 43.2 Å². The minimum Gasteiger partial charge on any atom is -0.378 e. The summed E-state index contributed by atoms with van der Waals surface area (Å²) >= 11 is 0. The van der Waals surface area contributed by atoms with Gasteiger partial charge in [-0.3, -0.25) is 4.99 Å². The van der Waals surface area contributed by atoms with Crippen LogP contribution in [-0.2, 0) is 4.74 Å². The summed E-state index contributed by atoms with van der Waals surface area (Å²) in [6.45, 7) is 7.82. The molecule has 0 saturated carbocycles. The molecule has 0 aromatic heterocycles. The molecule has 0 aliphatic carbocycles. The van der Waals surface area contributed by atoms with Crippen LogP contribution in [0.2, 0.25) is 0 Å². The summed E-state index contributed by atoms with van der Waals surface area (Å²) in [4.78, 5) is 6.50. The Balaban J connectivity index is 2.15. The average Bonchev–Trinajstić information content (AvgIpc) is 2.37. The molecule has 0 radical (unpaired) electrons. The van der Waals surface area contributed by atoms with Gasteiger partial charge in [0.05, 0.1) is 6.10 Å². The topological polar surface area (TPSA) is 50.8 Å². The molecule has 1 aliphatic rings. The van der Waals surface area contributed by atoms with E-state index in [-0.39, 0.29) is 0 Å². The molecule has 0 aromatic rings. The fourth-order valence-electron chi connectivity index (χ4n) is 2.20. The first-order valence-corrected chi connectivity index (χ1v) is 6.94. The van der Waals surface area contributed by atoms with Gasteiger partial charge in [-0.05, 0) is 46.0 Å². The predicted octanol–water partition coefficient (Wildman–Crippen LogP) is 1.99. The van der Waals surface area contributed by atoms with Gasteiger partial charge in [0.25, 0.3) is 0 Å². The van der Waals surface area contributed by atoms with Gasteiger partial charge in [-0.25, -0.2) is 0 Å². The second-order valence-corrected chi connectivity index (χ2v) is 4.54. The lowest BCUT2D eigenvalue weighted by Gasteiger charge is -2.22. The number of hydrogen-bond acceptors (Lipinski definition) is 2. The Morgan fingerprint density at radius 2 is 2.12 bits per heavy atom. The molecule has 2 N–H and O–H groups in total. The largest absolute Gasteiger partial charge is 0.378 e. The van der Waals surface area contributed by atoms with Crippen LogP contribution in [0.3, 0.4) is 0 Å². The number of nitrogens with two attached hydrogens (primary N) is 1. The number of rotatable bonds is 6. The van der Waals surface area contributed by atoms with Crippen molar-refractivity contribution in [1.29, 1.82) is 0 Å². The lowest BCUT2D eigenvalue weighted by Crippen LogP contribution is -2.37. The Kier molecular flexibility index (Phi) is 7.01. The highest BCUT2D eigenvalue weighted by Gasteiger charge is 2.12. The normalized spacial score (nSPS) is 21.5. The van der Waals surface area contributed by atoms with Crippen molar-refractivity contribution < 1.29 is 4.74 Å². The van der Waals surface area contributed by atoms with Crippen LogP contribution in [0.5, 0.6) is 0 Å². The van der Waals surface area contributed by atoms with Gasteiger partial charge in [0, 0.05) is 26.2 Å². The highest BCUT2D eigenvalue weighted by atomic mass is 16.5. The van der Waals surface area contributed by atoms with Crippen LogP contribution in [0, 0.1) is 0 Å². The molecule has 1 heterocycles. The molecule has 1 atom stereocenters. The Hall–Kier alpha value is -0.770. The van der Waals surface area contributed by atoms with Gasteiger partial charge in [0.1, 0.15) is 0 Å². The Morgan fingerprint density at radius 3 is 2.71 bits per heavy atom. The van der Waals surface area contributed by atoms with Crippen LogP contribution in [0.25, 0.3) is 0 Å². The number of ether oxygens (including phenoxy) is 1. The maximum atomic E-state index is 5.90. The second kappa shape index (κ2) is 8.34. The molecule has 0 aromatic carbocycles. The van der Waals surface area contributed by atoms with E-state index >= 15 is 0 Å². The average molecular weight is 241 g/mol. The number of nitrogens with zero attached hydrogens (tertiary/aromatic N) is 2. The summed E-state index contributed by atoms with van der Waals surface area (Å²) in [7, 11) is 0. The van der Waals surface area contributed by atoms with Crippen LogP contribution in [0.4, 0.5) is 0 Å². The fourth-order valence-corrected chi connectivity index (χ4v) is 2.20. The summed E-state index contributed by atoms with van der Waals surface area (Å²) in [5.74, 6) is 0.680. The molecule has 0 bridgehead atoms. The molecule has 0 amide bonds. The molecule has 1 aliphatic heterocycles. The zero-order valence-electron chi connectivity index (χ0n) is 11.3. The molecular weight excluding hydrogens is 214 g/mol. The molecule has 1 unspecified atom stereocenters. The Morgan fingerprint density at radius 1 is 1.35 bits per heavy atom. The van der Waals surface area contributed by atoms with E-state index in [1.54, 1.807) is 0 Å². The monoisotopic (exact) mass is 241 g/mol. The third-order valence-electron chi connectivity index (χ3n) is 3.32. The van der Waals surface area contributed by atoms with Gasteiger partial charge in [0.15, 0.2) is 5.96 Å². The summed E-state index contributed by atoms with van der Waals surface area (Å²) in [5, 5.41) is 0. The third-order valence-corrected chi connectivity index (χ3v) is 3.32. The first-order valence-electron chi connectivity index (χ1n) is 6.94. The molecular formula is C13H27N3O. The highest BCUT2D eigenvalue weighted by molar-refractivity contribution is 5.77. The van der Waals surface area contributed by atoms with Crippen molar-refractivity contribution >= 4 is 5.96 Å². The zero-order valence-corrected chi connectivity index (χ0v) is 11.3. The highest BCUT2D eigenvalue weighted by Crippen LogP contribution is 2.16. The molecule has 1 rings (SSSR count). The van der Waals surface area contributed by atoms with Gasteiger partial charge < -0.3 is 15.4 Å². The number of guanidine groups is 1. The first-order chi connectivity index (χ1) is 8.27. The van der Waals surface area contributed by atoms with E-state index in [1.807, 2.05) is 0 Å². The summed E-state index contributed by atoms with van der Waals surface area (Å²) in [6, 6.07) is 0. The second-order valence-electron chi connectivity index (χ2n) is 4.54. The molecule has 1 fully saturated rings. The Labute approximate surface area is 105 Å². The van der Waals surface area contributed by atoms with Gasteiger partial charge in [0.2, 0.25) is 0 Å². The third kappa shape index (κ3) is 5.39. The first kappa shape index (κ1) is 14.3. The Bertz CT molecular complexity index is 221. The lowest BCUT2D eigenvalue weighted by molar-refractivity contribution is 0.0105. The summed E-state index contributed by atoms with van der Waals surface area (Å²) in [6.07, 6.45) is 6.42. The molecule has 0 spiro atoms. The van der Waals surface area contributed by atoms with Crippen LogP contribution in [0.1, 0.15) is 46.0 Å². The van der Waals surface area contributed by atoms with E-state index in [0.717, 1.165) is 39.1 Å². The lowest BCUT2D eigenvalue weighted by atomic mass is 10.1. The smallest absolute Gasteiger partial charge is 0.191 e. The van der Waals surface area contributed by atoms with Crippen LogP contribution >= 0.6 is 0 Å². The minimum atomic E-state index is 0.466. The SMILES string of the molecule is CCN(CC)C(N)=NCCCC1CCCCO1. The van der Waals surface area contributed by atoms with E-state index < -0.39 is 0 Å². The van der Waals surface area contributed by atoms with Crippen LogP contribution in [0.15, 0.2) is 4.99 Å². The fraction of sp³-hybridized carbons (Fsp3) is 0.923. The van der Waals surface area contributed by atoms with Crippen molar-refractivity contribution in [3.05, 3.63) is 0 Å². The summed E-state index contributed by atoms with van der Waals surface area (Å²) < 4.78 is 5.68. The van der Waals surface area contributed by atoms with E-state index in [1.165, 1.54) is 19.3 Å². The van der Waals surface area contributed by atoms with Gasteiger partial charge in [-0.2, -0.15) is 0 Å². The minimum absolute atomic E-state index is 0.466. The van der Waals surface area contributed by atoms with Crippen molar-refractivity contribution in [3.8, 4) is 0 Å². The van der Waals surface area contributed by atoms with Gasteiger partial charge in [-0.15, -0.1) is 0 Å². The number of aliphatic imine (C=N–C) groups is 1. The standard InChI is InChI=1S/C13H27N3O/c1-3-16(4-2)13(14)15-10-7-9-12-8-5-6-11-17-12/h12H,3-11H2,1-2H3,(H2,14,15). The predicted molar refractivity (Wildman–Crippen MR) is 72.2 cm³/mol. The van der Waals surface area contributed by atoms with E-state index in [9.17, 15) is 0 Å². The molecule has 4 nitrogen and oxygen atoms in total. The van der Waals surface area contributed by atoms with E-state index in [4.69, 9.17) is 10.5 Å². The van der Waals surface area contributed by atoms with Crippen molar-refractivity contribution in [1.82, 2.24) is 4.90 Å². The van der Waals surface area contributed by atoms with Gasteiger partial charge in [-0.1, -0.05) is 0 Å². The van der Waals surface area contributed by atoms with Gasteiger partial charge >= 0.3 is 0 Å². The number of hydrogen-bond donors (Lipinski definition) is 1. The van der Waals surface area contributed by atoms with Crippen molar-refractivity contribution in [3.63, 3.8) is 0 Å². The molecule has 1 saturated heterocycles. The quantitative estimate of drug-likeness (QED) is 0.439. The maximum Gasteiger partial charge on any atom is 0.191 e. The van der Waals surface area contributed by atoms with E-state index in [0.29, 0.717) is 12.1 Å². The van der Waals surface area contributed by atoms with E-state index in [2.05, 4.69) is 23.7 Å². The van der Waals surface area contributed by atoms with Crippen molar-refractivity contribution in [2.75, 3.05) is 26.2 Å². The molecule has 4 heteroatoms. The van der Waals surface area contributed by atoms with Crippen molar-refractivity contribution in [2.24, 2.45) is 10.7 Å². The molecule has 17 heavy (non-hydrogen) atoms.